The fourth-order valence-corrected chi connectivity index (χ4v) is 5.02. The topological polar surface area (TPSA) is 69.6 Å². The van der Waals surface area contributed by atoms with Crippen molar-refractivity contribution in [1.82, 2.24) is 5.32 Å². The molecule has 0 aromatic carbocycles. The third kappa shape index (κ3) is 4.13. The summed E-state index contributed by atoms with van der Waals surface area (Å²) in [5, 5.41) is 22.2. The molecule has 146 valence electrons. The summed E-state index contributed by atoms with van der Waals surface area (Å²) in [6.45, 7) is 5.10. The Bertz CT molecular complexity index is 494. The summed E-state index contributed by atoms with van der Waals surface area (Å²) in [4.78, 5) is 11.8. The molecule has 7 heteroatoms. The van der Waals surface area contributed by atoms with E-state index in [1.807, 2.05) is 6.92 Å². The van der Waals surface area contributed by atoms with Gasteiger partial charge < -0.3 is 15.5 Å². The van der Waals surface area contributed by atoms with Gasteiger partial charge in [-0.1, -0.05) is 20.3 Å². The zero-order valence-electron chi connectivity index (χ0n) is 15.2. The highest BCUT2D eigenvalue weighted by molar-refractivity contribution is 5.77. The van der Waals surface area contributed by atoms with Crippen LogP contribution in [0.15, 0.2) is 0 Å². The van der Waals surface area contributed by atoms with Crippen LogP contribution in [0.1, 0.15) is 59.3 Å². The Kier molecular flexibility index (Phi) is 5.79. The van der Waals surface area contributed by atoms with E-state index in [2.05, 4.69) is 12.2 Å². The molecule has 0 heterocycles. The minimum atomic E-state index is -4.83. The molecule has 0 unspecified atom stereocenters. The van der Waals surface area contributed by atoms with Crippen molar-refractivity contribution < 1.29 is 28.2 Å². The predicted molar refractivity (Wildman–Crippen MR) is 87.6 cm³/mol. The Morgan fingerprint density at radius 1 is 1.32 bits per heavy atom. The lowest BCUT2D eigenvalue weighted by Gasteiger charge is -2.45. The van der Waals surface area contributed by atoms with Gasteiger partial charge in [-0.2, -0.15) is 13.2 Å². The Morgan fingerprint density at radius 2 is 1.96 bits per heavy atom. The second kappa shape index (κ2) is 7.06. The molecule has 0 radical (unpaired) electrons. The molecule has 2 saturated carbocycles. The first kappa shape index (κ1) is 20.5. The molecule has 25 heavy (non-hydrogen) atoms. The number of alkyl halides is 3. The largest absolute Gasteiger partial charge is 0.417 e. The highest BCUT2D eigenvalue weighted by atomic mass is 19.4. The minimum Gasteiger partial charge on any atom is -0.393 e. The van der Waals surface area contributed by atoms with Crippen molar-refractivity contribution in [2.75, 3.05) is 6.54 Å². The molecule has 2 rings (SSSR count). The van der Waals surface area contributed by atoms with Crippen LogP contribution in [-0.4, -0.2) is 40.5 Å². The lowest BCUT2D eigenvalue weighted by atomic mass is 9.62. The van der Waals surface area contributed by atoms with E-state index >= 15 is 0 Å². The molecule has 0 aromatic rings. The van der Waals surface area contributed by atoms with E-state index in [1.165, 1.54) is 0 Å². The SMILES string of the molecule is C[C@H](CNC(=O)C[C@](C)(O)C(F)(F)F)[C@H]1CC[C@H]2[C@@H](O)CCC[C@@]12C. The molecule has 6 atom stereocenters. The Labute approximate surface area is 147 Å². The molecule has 2 aliphatic carbocycles. The third-order valence-corrected chi connectivity index (χ3v) is 6.59. The number of nitrogens with one attached hydrogen (secondary N) is 1. The highest BCUT2D eigenvalue weighted by Crippen LogP contribution is 2.57. The van der Waals surface area contributed by atoms with Crippen molar-refractivity contribution in [3.63, 3.8) is 0 Å². The second-order valence-corrected chi connectivity index (χ2v) is 8.49. The average molecular weight is 365 g/mol. The first-order chi connectivity index (χ1) is 11.4. The van der Waals surface area contributed by atoms with Crippen molar-refractivity contribution in [3.05, 3.63) is 0 Å². The van der Waals surface area contributed by atoms with Crippen LogP contribution in [0.2, 0.25) is 0 Å². The van der Waals surface area contributed by atoms with Crippen molar-refractivity contribution in [2.45, 2.75) is 77.2 Å². The molecule has 0 saturated heterocycles. The van der Waals surface area contributed by atoms with E-state index in [0.29, 0.717) is 12.8 Å². The Morgan fingerprint density at radius 3 is 2.56 bits per heavy atom. The van der Waals surface area contributed by atoms with E-state index < -0.39 is 24.1 Å². The van der Waals surface area contributed by atoms with Gasteiger partial charge in [-0.25, -0.2) is 0 Å². The van der Waals surface area contributed by atoms with Gasteiger partial charge in [0.2, 0.25) is 5.91 Å². The molecule has 1 amide bonds. The molecule has 0 bridgehead atoms. The van der Waals surface area contributed by atoms with Crippen molar-refractivity contribution in [2.24, 2.45) is 23.2 Å². The van der Waals surface area contributed by atoms with Gasteiger partial charge in [0.15, 0.2) is 5.60 Å². The predicted octanol–water partition coefficient (Wildman–Crippen LogP) is 3.02. The van der Waals surface area contributed by atoms with Gasteiger partial charge in [-0.3, -0.25) is 4.79 Å². The molecular weight excluding hydrogens is 335 g/mol. The van der Waals surface area contributed by atoms with E-state index in [1.54, 1.807) is 0 Å². The van der Waals surface area contributed by atoms with E-state index in [-0.39, 0.29) is 29.9 Å². The average Bonchev–Trinajstić information content (AvgIpc) is 2.81. The van der Waals surface area contributed by atoms with Crippen molar-refractivity contribution >= 4 is 5.91 Å². The molecule has 0 spiro atoms. The Hall–Kier alpha value is -0.820. The fourth-order valence-electron chi connectivity index (χ4n) is 5.02. The number of aliphatic hydroxyl groups excluding tert-OH is 1. The number of amides is 1. The number of rotatable bonds is 5. The molecule has 2 fully saturated rings. The van der Waals surface area contributed by atoms with Crippen LogP contribution in [0.4, 0.5) is 13.2 Å². The number of carbonyl (C=O) groups excluding carboxylic acids is 1. The third-order valence-electron chi connectivity index (χ3n) is 6.59. The van der Waals surface area contributed by atoms with Crippen LogP contribution < -0.4 is 5.32 Å². The zero-order chi connectivity index (χ0) is 19.0. The summed E-state index contributed by atoms with van der Waals surface area (Å²) in [6, 6.07) is 0. The van der Waals surface area contributed by atoms with Crippen LogP contribution in [0.3, 0.4) is 0 Å². The van der Waals surface area contributed by atoms with Gasteiger partial charge in [0, 0.05) is 6.54 Å². The molecule has 4 nitrogen and oxygen atoms in total. The molecular formula is C18H30F3NO3. The summed E-state index contributed by atoms with van der Waals surface area (Å²) in [7, 11) is 0. The lowest BCUT2D eigenvalue weighted by Crippen LogP contribution is -2.47. The van der Waals surface area contributed by atoms with Gasteiger partial charge in [0.25, 0.3) is 0 Å². The fraction of sp³-hybridized carbons (Fsp3) is 0.944. The van der Waals surface area contributed by atoms with Crippen LogP contribution >= 0.6 is 0 Å². The van der Waals surface area contributed by atoms with E-state index in [0.717, 1.165) is 32.1 Å². The first-order valence-electron chi connectivity index (χ1n) is 9.12. The van der Waals surface area contributed by atoms with Crippen LogP contribution in [-0.2, 0) is 4.79 Å². The van der Waals surface area contributed by atoms with Gasteiger partial charge in [-0.05, 0) is 55.8 Å². The first-order valence-corrected chi connectivity index (χ1v) is 9.12. The number of carbonyl (C=O) groups is 1. The summed E-state index contributed by atoms with van der Waals surface area (Å²) >= 11 is 0. The number of hydrogen-bond donors (Lipinski definition) is 3. The second-order valence-electron chi connectivity index (χ2n) is 8.49. The monoisotopic (exact) mass is 365 g/mol. The van der Waals surface area contributed by atoms with Crippen molar-refractivity contribution in [1.29, 1.82) is 0 Å². The zero-order valence-corrected chi connectivity index (χ0v) is 15.2. The summed E-state index contributed by atoms with van der Waals surface area (Å²) < 4.78 is 38.0. The smallest absolute Gasteiger partial charge is 0.393 e. The summed E-state index contributed by atoms with van der Waals surface area (Å²) in [6.07, 6.45) is -1.30. The maximum Gasteiger partial charge on any atom is 0.417 e. The quantitative estimate of drug-likeness (QED) is 0.701. The number of aliphatic hydroxyl groups is 2. The van der Waals surface area contributed by atoms with Gasteiger partial charge in [-0.15, -0.1) is 0 Å². The molecule has 3 N–H and O–H groups in total. The number of halogens is 3. The number of fused-ring (bicyclic) bond motifs is 1. The van der Waals surface area contributed by atoms with Gasteiger partial charge in [0.05, 0.1) is 12.5 Å². The maximum atomic E-state index is 12.7. The summed E-state index contributed by atoms with van der Waals surface area (Å²) in [5.74, 6) is -0.0797. The molecule has 2 aliphatic rings. The molecule has 0 aromatic heterocycles. The normalized spacial score (nSPS) is 36.4. The van der Waals surface area contributed by atoms with E-state index in [9.17, 15) is 28.2 Å². The standard InChI is InChI=1S/C18H30F3NO3/c1-11(10-22-15(24)9-17(3,25)18(19,20)21)12-6-7-13-14(23)5-4-8-16(12,13)2/h11-14,23,25H,4-10H2,1-3H3,(H,22,24)/t11-,12-,13+,14+,16+,17+/m1/s1. The lowest BCUT2D eigenvalue weighted by molar-refractivity contribution is -0.253. The van der Waals surface area contributed by atoms with Crippen LogP contribution in [0.25, 0.3) is 0 Å². The van der Waals surface area contributed by atoms with Gasteiger partial charge in [0.1, 0.15) is 0 Å². The van der Waals surface area contributed by atoms with E-state index in [4.69, 9.17) is 0 Å². The van der Waals surface area contributed by atoms with Crippen LogP contribution in [0, 0.1) is 23.2 Å². The van der Waals surface area contributed by atoms with Gasteiger partial charge >= 0.3 is 6.18 Å². The number of hydrogen-bond acceptors (Lipinski definition) is 3. The van der Waals surface area contributed by atoms with Crippen LogP contribution in [0.5, 0.6) is 0 Å². The minimum absolute atomic E-state index is 0.0271. The molecule has 0 aliphatic heterocycles. The van der Waals surface area contributed by atoms with Crippen molar-refractivity contribution in [3.8, 4) is 0 Å². The summed E-state index contributed by atoms with van der Waals surface area (Å²) in [5.41, 5.74) is -2.99. The maximum absolute atomic E-state index is 12.7. The Balaban J connectivity index is 1.90. The highest BCUT2D eigenvalue weighted by Gasteiger charge is 2.53.